The summed E-state index contributed by atoms with van der Waals surface area (Å²) in [5.74, 6) is -0.979. The number of carbonyl (C=O) groups excluding carboxylic acids is 2. The van der Waals surface area contributed by atoms with Crippen LogP contribution in [0.4, 0.5) is 4.39 Å². The van der Waals surface area contributed by atoms with Gasteiger partial charge in [-0.1, -0.05) is 0 Å². The summed E-state index contributed by atoms with van der Waals surface area (Å²) >= 11 is 0. The molecule has 4 heteroatoms. The van der Waals surface area contributed by atoms with Crippen LogP contribution in [0, 0.1) is 5.82 Å². The van der Waals surface area contributed by atoms with E-state index >= 15 is 0 Å². The van der Waals surface area contributed by atoms with Crippen LogP contribution in [0.25, 0.3) is 0 Å². The summed E-state index contributed by atoms with van der Waals surface area (Å²) in [7, 11) is 1.24. The average Bonchev–Trinajstić information content (AvgIpc) is 2.18. The van der Waals surface area contributed by atoms with E-state index in [1.165, 1.54) is 19.2 Å². The van der Waals surface area contributed by atoms with Crippen LogP contribution < -0.4 is 0 Å². The average molecular weight is 196 g/mol. The molecule has 0 heterocycles. The molecule has 3 nitrogen and oxygen atoms in total. The van der Waals surface area contributed by atoms with Gasteiger partial charge in [0, 0.05) is 5.56 Å². The maximum absolute atomic E-state index is 12.8. The van der Waals surface area contributed by atoms with Gasteiger partial charge in [-0.05, 0) is 23.8 Å². The lowest BCUT2D eigenvalue weighted by molar-refractivity contribution is -0.139. The minimum Gasteiger partial charge on any atom is -0.469 e. The van der Waals surface area contributed by atoms with Crippen molar-refractivity contribution < 1.29 is 18.7 Å². The Morgan fingerprint density at radius 3 is 2.86 bits per heavy atom. The second kappa shape index (κ2) is 4.50. The molecule has 0 bridgehead atoms. The SMILES string of the molecule is COC(=O)Cc1cc(F)ccc1C=O. The summed E-state index contributed by atoms with van der Waals surface area (Å²) in [6.07, 6.45) is 0.486. The first-order valence-corrected chi connectivity index (χ1v) is 3.97. The first-order valence-electron chi connectivity index (χ1n) is 3.97. The highest BCUT2D eigenvalue weighted by molar-refractivity contribution is 5.81. The second-order valence-electron chi connectivity index (χ2n) is 2.71. The summed E-state index contributed by atoms with van der Waals surface area (Å²) in [5, 5.41) is 0. The Labute approximate surface area is 80.5 Å². The fourth-order valence-corrected chi connectivity index (χ4v) is 1.07. The minimum absolute atomic E-state index is 0.0949. The van der Waals surface area contributed by atoms with E-state index in [4.69, 9.17) is 0 Å². The van der Waals surface area contributed by atoms with Crippen molar-refractivity contribution in [1.82, 2.24) is 0 Å². The van der Waals surface area contributed by atoms with Crippen molar-refractivity contribution in [3.63, 3.8) is 0 Å². The van der Waals surface area contributed by atoms with E-state index in [2.05, 4.69) is 4.74 Å². The van der Waals surface area contributed by atoms with Crippen molar-refractivity contribution in [2.24, 2.45) is 0 Å². The number of aldehydes is 1. The van der Waals surface area contributed by atoms with Gasteiger partial charge in [-0.25, -0.2) is 4.39 Å². The van der Waals surface area contributed by atoms with Crippen LogP contribution in [-0.4, -0.2) is 19.4 Å². The molecule has 0 amide bonds. The van der Waals surface area contributed by atoms with Crippen molar-refractivity contribution in [3.8, 4) is 0 Å². The number of carbonyl (C=O) groups is 2. The molecule has 1 rings (SSSR count). The van der Waals surface area contributed by atoms with Crippen molar-refractivity contribution in [2.75, 3.05) is 7.11 Å². The van der Waals surface area contributed by atoms with Crippen LogP contribution in [0.5, 0.6) is 0 Å². The molecule has 1 aromatic carbocycles. The Kier molecular flexibility index (Phi) is 3.34. The van der Waals surface area contributed by atoms with E-state index in [1.807, 2.05) is 0 Å². The molecule has 74 valence electrons. The number of esters is 1. The number of methoxy groups -OCH3 is 1. The Morgan fingerprint density at radius 1 is 1.57 bits per heavy atom. The van der Waals surface area contributed by atoms with Crippen molar-refractivity contribution in [2.45, 2.75) is 6.42 Å². The van der Waals surface area contributed by atoms with E-state index < -0.39 is 11.8 Å². The number of rotatable bonds is 3. The molecule has 14 heavy (non-hydrogen) atoms. The lowest BCUT2D eigenvalue weighted by atomic mass is 10.1. The van der Waals surface area contributed by atoms with Crippen LogP contribution >= 0.6 is 0 Å². The van der Waals surface area contributed by atoms with E-state index in [0.29, 0.717) is 17.4 Å². The quantitative estimate of drug-likeness (QED) is 0.541. The Morgan fingerprint density at radius 2 is 2.29 bits per heavy atom. The van der Waals surface area contributed by atoms with Gasteiger partial charge in [0.25, 0.3) is 0 Å². The predicted octanol–water partition coefficient (Wildman–Crippen LogP) is 1.35. The topological polar surface area (TPSA) is 43.4 Å². The maximum Gasteiger partial charge on any atom is 0.310 e. The van der Waals surface area contributed by atoms with Crippen LogP contribution in [0.1, 0.15) is 15.9 Å². The molecule has 0 aliphatic rings. The third kappa shape index (κ3) is 2.39. The van der Waals surface area contributed by atoms with Crippen molar-refractivity contribution >= 4 is 12.3 Å². The molecule has 0 aliphatic heterocycles. The van der Waals surface area contributed by atoms with Gasteiger partial charge in [0.2, 0.25) is 0 Å². The van der Waals surface area contributed by atoms with E-state index in [0.717, 1.165) is 6.07 Å². The smallest absolute Gasteiger partial charge is 0.310 e. The highest BCUT2D eigenvalue weighted by atomic mass is 19.1. The number of ether oxygens (including phenoxy) is 1. The van der Waals surface area contributed by atoms with Crippen molar-refractivity contribution in [1.29, 1.82) is 0 Å². The molecule has 0 unspecified atom stereocenters. The lowest BCUT2D eigenvalue weighted by Crippen LogP contribution is -2.07. The van der Waals surface area contributed by atoms with Gasteiger partial charge in [-0.15, -0.1) is 0 Å². The molecule has 0 saturated heterocycles. The van der Waals surface area contributed by atoms with Crippen LogP contribution in [0.3, 0.4) is 0 Å². The fourth-order valence-electron chi connectivity index (χ4n) is 1.07. The second-order valence-corrected chi connectivity index (χ2v) is 2.71. The third-order valence-corrected chi connectivity index (χ3v) is 1.79. The van der Waals surface area contributed by atoms with Gasteiger partial charge in [0.05, 0.1) is 13.5 Å². The Balaban J connectivity index is 2.98. The van der Waals surface area contributed by atoms with Crippen LogP contribution in [0.15, 0.2) is 18.2 Å². The van der Waals surface area contributed by atoms with Gasteiger partial charge in [0.1, 0.15) is 12.1 Å². The maximum atomic E-state index is 12.8. The fraction of sp³-hybridized carbons (Fsp3) is 0.200. The number of benzene rings is 1. The molecule has 0 N–H and O–H groups in total. The van der Waals surface area contributed by atoms with Gasteiger partial charge >= 0.3 is 5.97 Å². The Hall–Kier alpha value is -1.71. The molecule has 0 saturated carbocycles. The Bertz CT molecular complexity index is 360. The molecule has 0 atom stereocenters. The predicted molar refractivity (Wildman–Crippen MR) is 47.5 cm³/mol. The normalized spacial score (nSPS) is 9.57. The summed E-state index contributed by atoms with van der Waals surface area (Å²) in [6.45, 7) is 0. The highest BCUT2D eigenvalue weighted by Gasteiger charge is 2.08. The van der Waals surface area contributed by atoms with Gasteiger partial charge in [-0.3, -0.25) is 9.59 Å². The highest BCUT2D eigenvalue weighted by Crippen LogP contribution is 2.10. The molecule has 0 spiro atoms. The molecule has 0 aliphatic carbocycles. The van der Waals surface area contributed by atoms with E-state index in [1.54, 1.807) is 0 Å². The largest absolute Gasteiger partial charge is 0.469 e. The molecule has 0 radical (unpaired) electrons. The van der Waals surface area contributed by atoms with Gasteiger partial charge in [-0.2, -0.15) is 0 Å². The molecule has 1 aromatic rings. The van der Waals surface area contributed by atoms with Crippen molar-refractivity contribution in [3.05, 3.63) is 35.1 Å². The van der Waals surface area contributed by atoms with Crippen LogP contribution in [0.2, 0.25) is 0 Å². The summed E-state index contributed by atoms with van der Waals surface area (Å²) in [6, 6.07) is 3.66. The first kappa shape index (κ1) is 10.4. The zero-order valence-corrected chi connectivity index (χ0v) is 7.62. The first-order chi connectivity index (χ1) is 6.67. The molecule has 0 aromatic heterocycles. The van der Waals surface area contributed by atoms with Gasteiger partial charge < -0.3 is 4.74 Å². The lowest BCUT2D eigenvalue weighted by Gasteiger charge is -2.03. The standard InChI is InChI=1S/C10H9FO3/c1-14-10(13)5-8-4-9(11)3-2-7(8)6-12/h2-4,6H,5H2,1H3. The van der Waals surface area contributed by atoms with E-state index in [9.17, 15) is 14.0 Å². The third-order valence-electron chi connectivity index (χ3n) is 1.79. The summed E-state index contributed by atoms with van der Waals surface area (Å²) in [5.41, 5.74) is 0.642. The summed E-state index contributed by atoms with van der Waals surface area (Å²) < 4.78 is 17.2. The molecular weight excluding hydrogens is 187 g/mol. The number of halogens is 1. The van der Waals surface area contributed by atoms with Gasteiger partial charge in [0.15, 0.2) is 0 Å². The molecule has 0 fully saturated rings. The number of hydrogen-bond acceptors (Lipinski definition) is 3. The minimum atomic E-state index is -0.501. The monoisotopic (exact) mass is 196 g/mol. The van der Waals surface area contributed by atoms with Crippen LogP contribution in [-0.2, 0) is 16.0 Å². The van der Waals surface area contributed by atoms with E-state index in [-0.39, 0.29) is 6.42 Å². The zero-order chi connectivity index (χ0) is 10.6. The zero-order valence-electron chi connectivity index (χ0n) is 7.62. The number of hydrogen-bond donors (Lipinski definition) is 0. The molecular formula is C10H9FO3. The summed E-state index contributed by atoms with van der Waals surface area (Å²) in [4.78, 5) is 21.4.